The van der Waals surface area contributed by atoms with Gasteiger partial charge < -0.3 is 5.11 Å². The van der Waals surface area contributed by atoms with Crippen LogP contribution in [0.25, 0.3) is 0 Å². The van der Waals surface area contributed by atoms with Crippen LogP contribution < -0.4 is 0 Å². The first-order valence-electron chi connectivity index (χ1n) is 12.7. The minimum atomic E-state index is -0.0461. The highest BCUT2D eigenvalue weighted by Gasteiger charge is 2.58. The van der Waals surface area contributed by atoms with Gasteiger partial charge in [-0.2, -0.15) is 0 Å². The van der Waals surface area contributed by atoms with Crippen molar-refractivity contribution >= 4 is 0 Å². The van der Waals surface area contributed by atoms with Crippen molar-refractivity contribution in [3.63, 3.8) is 0 Å². The standard InChI is InChI=1S/C28H46O/c1-18(2)19(3)7-8-20(4)24-11-12-25-23-10-9-21-17-22(29)13-15-27(21,5)26(23)14-16-28(24,25)6/h10,19-22,24-26,29H,1,7-9,11-17H2,2-6H3/t19-,20+,21?,22?,24+,25-,26-,27-,28+/m0/s1. The lowest BCUT2D eigenvalue weighted by Crippen LogP contribution is -2.49. The SMILES string of the molecule is C=C(C)[C@@H](C)CC[C@@H](C)[C@H]1CC[C@H]2C3=CCC4CC(O)CC[C@]4(C)[C@H]3CC[C@]12C. The predicted molar refractivity (Wildman–Crippen MR) is 124 cm³/mol. The zero-order valence-corrected chi connectivity index (χ0v) is 19.8. The number of rotatable bonds is 5. The van der Waals surface area contributed by atoms with Crippen molar-refractivity contribution in [3.05, 3.63) is 23.8 Å². The number of hydrogen-bond acceptors (Lipinski definition) is 1. The molecular weight excluding hydrogens is 352 g/mol. The summed E-state index contributed by atoms with van der Waals surface area (Å²) in [4.78, 5) is 0. The fraction of sp³-hybridized carbons (Fsp3) is 0.857. The third kappa shape index (κ3) is 3.58. The molecule has 4 aliphatic carbocycles. The molecule has 0 aromatic rings. The average Bonchev–Trinajstić information content (AvgIpc) is 3.03. The molecule has 4 rings (SSSR count). The molecule has 3 saturated carbocycles. The molecule has 0 radical (unpaired) electrons. The lowest BCUT2D eigenvalue weighted by atomic mass is 9.47. The summed E-state index contributed by atoms with van der Waals surface area (Å²) in [5.74, 6) is 4.73. The van der Waals surface area contributed by atoms with Crippen LogP contribution in [0, 0.1) is 46.3 Å². The van der Waals surface area contributed by atoms with E-state index in [-0.39, 0.29) is 6.10 Å². The van der Waals surface area contributed by atoms with Crippen LogP contribution in [-0.2, 0) is 0 Å². The van der Waals surface area contributed by atoms with Gasteiger partial charge in [0.15, 0.2) is 0 Å². The van der Waals surface area contributed by atoms with E-state index in [2.05, 4.69) is 47.3 Å². The van der Waals surface area contributed by atoms with Crippen LogP contribution in [0.5, 0.6) is 0 Å². The monoisotopic (exact) mass is 398 g/mol. The Labute approximate surface area is 180 Å². The van der Waals surface area contributed by atoms with Gasteiger partial charge in [0.2, 0.25) is 0 Å². The van der Waals surface area contributed by atoms with Crippen molar-refractivity contribution in [1.29, 1.82) is 0 Å². The fourth-order valence-corrected chi connectivity index (χ4v) is 8.43. The zero-order chi connectivity index (χ0) is 21.0. The molecule has 0 heterocycles. The lowest BCUT2D eigenvalue weighted by Gasteiger charge is -2.57. The Hall–Kier alpha value is -0.560. The smallest absolute Gasteiger partial charge is 0.0543 e. The van der Waals surface area contributed by atoms with E-state index in [9.17, 15) is 5.11 Å². The topological polar surface area (TPSA) is 20.2 Å². The van der Waals surface area contributed by atoms with Crippen molar-refractivity contribution < 1.29 is 5.11 Å². The maximum atomic E-state index is 10.2. The van der Waals surface area contributed by atoms with E-state index < -0.39 is 0 Å². The van der Waals surface area contributed by atoms with E-state index in [0.717, 1.165) is 36.5 Å². The molecule has 164 valence electrons. The van der Waals surface area contributed by atoms with E-state index in [1.165, 1.54) is 56.9 Å². The summed E-state index contributed by atoms with van der Waals surface area (Å²) in [5.41, 5.74) is 4.18. The van der Waals surface area contributed by atoms with Gasteiger partial charge in [-0.05, 0) is 117 Å². The molecule has 9 atom stereocenters. The maximum Gasteiger partial charge on any atom is 0.0543 e. The first-order chi connectivity index (χ1) is 13.7. The van der Waals surface area contributed by atoms with E-state index in [0.29, 0.717) is 22.7 Å². The molecule has 3 fully saturated rings. The molecule has 0 aromatic carbocycles. The van der Waals surface area contributed by atoms with Crippen LogP contribution in [0.2, 0.25) is 0 Å². The molecule has 2 unspecified atom stereocenters. The summed E-state index contributed by atoms with van der Waals surface area (Å²) in [6.45, 7) is 16.5. The summed E-state index contributed by atoms with van der Waals surface area (Å²) < 4.78 is 0. The van der Waals surface area contributed by atoms with Crippen LogP contribution in [0.15, 0.2) is 23.8 Å². The third-order valence-electron chi connectivity index (χ3n) is 10.7. The number of aliphatic hydroxyl groups is 1. The van der Waals surface area contributed by atoms with Crippen molar-refractivity contribution in [1.82, 2.24) is 0 Å². The Morgan fingerprint density at radius 2 is 1.76 bits per heavy atom. The van der Waals surface area contributed by atoms with Crippen LogP contribution in [0.1, 0.15) is 98.8 Å². The second kappa shape index (κ2) is 7.85. The van der Waals surface area contributed by atoms with Gasteiger partial charge in [-0.3, -0.25) is 0 Å². The van der Waals surface area contributed by atoms with Crippen molar-refractivity contribution in [3.8, 4) is 0 Å². The first-order valence-corrected chi connectivity index (χ1v) is 12.7. The van der Waals surface area contributed by atoms with Crippen LogP contribution in [0.4, 0.5) is 0 Å². The Bertz CT molecular complexity index is 661. The summed E-state index contributed by atoms with van der Waals surface area (Å²) in [5, 5.41) is 10.2. The Morgan fingerprint density at radius 3 is 2.48 bits per heavy atom. The Morgan fingerprint density at radius 1 is 1.07 bits per heavy atom. The Kier molecular flexibility index (Phi) is 5.86. The fourth-order valence-electron chi connectivity index (χ4n) is 8.43. The second-order valence-electron chi connectivity index (χ2n) is 12.2. The number of aliphatic hydroxyl groups excluding tert-OH is 1. The molecule has 1 N–H and O–H groups in total. The summed E-state index contributed by atoms with van der Waals surface area (Å²) in [6, 6.07) is 0. The van der Waals surface area contributed by atoms with Gasteiger partial charge in [0.25, 0.3) is 0 Å². The van der Waals surface area contributed by atoms with Crippen LogP contribution in [0.3, 0.4) is 0 Å². The van der Waals surface area contributed by atoms with E-state index >= 15 is 0 Å². The van der Waals surface area contributed by atoms with Crippen molar-refractivity contribution in [2.24, 2.45) is 46.3 Å². The van der Waals surface area contributed by atoms with Crippen molar-refractivity contribution in [2.45, 2.75) is 105 Å². The highest BCUT2D eigenvalue weighted by Crippen LogP contribution is 2.66. The van der Waals surface area contributed by atoms with Gasteiger partial charge >= 0.3 is 0 Å². The molecule has 1 heteroatoms. The maximum absolute atomic E-state index is 10.2. The molecule has 0 amide bonds. The van der Waals surface area contributed by atoms with Crippen molar-refractivity contribution in [2.75, 3.05) is 0 Å². The second-order valence-corrected chi connectivity index (χ2v) is 12.2. The molecule has 0 saturated heterocycles. The lowest BCUT2D eigenvalue weighted by molar-refractivity contribution is -0.0428. The number of hydrogen-bond donors (Lipinski definition) is 1. The Balaban J connectivity index is 1.50. The summed E-state index contributed by atoms with van der Waals surface area (Å²) in [6.07, 6.45) is 15.5. The largest absolute Gasteiger partial charge is 0.393 e. The van der Waals surface area contributed by atoms with E-state index in [4.69, 9.17) is 0 Å². The minimum Gasteiger partial charge on any atom is -0.393 e. The number of fused-ring (bicyclic) bond motifs is 5. The van der Waals surface area contributed by atoms with E-state index in [1.807, 2.05) is 5.57 Å². The quantitative estimate of drug-likeness (QED) is 0.474. The van der Waals surface area contributed by atoms with E-state index in [1.54, 1.807) is 0 Å². The molecule has 0 bridgehead atoms. The van der Waals surface area contributed by atoms with Crippen LogP contribution >= 0.6 is 0 Å². The van der Waals surface area contributed by atoms with Gasteiger partial charge in [0, 0.05) is 0 Å². The van der Waals surface area contributed by atoms with Gasteiger partial charge in [-0.15, -0.1) is 0 Å². The summed E-state index contributed by atoms with van der Waals surface area (Å²) >= 11 is 0. The summed E-state index contributed by atoms with van der Waals surface area (Å²) in [7, 11) is 0. The highest BCUT2D eigenvalue weighted by atomic mass is 16.3. The van der Waals surface area contributed by atoms with Gasteiger partial charge in [0.1, 0.15) is 0 Å². The van der Waals surface area contributed by atoms with Gasteiger partial charge in [-0.25, -0.2) is 0 Å². The molecule has 1 nitrogen and oxygen atoms in total. The zero-order valence-electron chi connectivity index (χ0n) is 19.8. The molecule has 0 aromatic heterocycles. The molecule has 4 aliphatic rings. The third-order valence-corrected chi connectivity index (χ3v) is 10.7. The predicted octanol–water partition coefficient (Wildman–Crippen LogP) is 7.55. The molecule has 0 spiro atoms. The number of allylic oxidation sites excluding steroid dienone is 3. The first kappa shape index (κ1) is 21.7. The molecular formula is C28H46O. The average molecular weight is 399 g/mol. The normalized spacial score (nSPS) is 46.1. The van der Waals surface area contributed by atoms with Gasteiger partial charge in [-0.1, -0.05) is 51.5 Å². The molecule has 0 aliphatic heterocycles. The molecule has 29 heavy (non-hydrogen) atoms. The van der Waals surface area contributed by atoms with Crippen LogP contribution in [-0.4, -0.2) is 11.2 Å². The van der Waals surface area contributed by atoms with Gasteiger partial charge in [0.05, 0.1) is 6.10 Å². The highest BCUT2D eigenvalue weighted by molar-refractivity contribution is 5.27. The minimum absolute atomic E-state index is 0.0461.